The zero-order chi connectivity index (χ0) is 23.5. The molecule has 0 saturated carbocycles. The number of hydrogen-bond donors (Lipinski definition) is 0. The third-order valence-corrected chi connectivity index (χ3v) is 6.61. The Kier molecular flexibility index (Phi) is 4.95. The van der Waals surface area contributed by atoms with Crippen LogP contribution in [-0.2, 0) is 4.84 Å². The van der Waals surface area contributed by atoms with Crippen LogP contribution < -0.4 is 9.80 Å². The fraction of sp³-hybridized carbons (Fsp3) is 0.276. The van der Waals surface area contributed by atoms with E-state index in [9.17, 15) is 4.79 Å². The van der Waals surface area contributed by atoms with Gasteiger partial charge >= 0.3 is 0 Å². The number of hydroxylamine groups is 1. The molecule has 0 saturated heterocycles. The summed E-state index contributed by atoms with van der Waals surface area (Å²) in [5, 5.41) is 1.96. The summed E-state index contributed by atoms with van der Waals surface area (Å²) in [6.45, 7) is 10.1. The first kappa shape index (κ1) is 21.5. The molecule has 0 N–H and O–H groups in total. The third kappa shape index (κ3) is 3.37. The van der Waals surface area contributed by atoms with Gasteiger partial charge in [0.15, 0.2) is 11.9 Å². The van der Waals surface area contributed by atoms with Gasteiger partial charge in [-0.25, -0.2) is 5.06 Å². The van der Waals surface area contributed by atoms with E-state index in [1.165, 1.54) is 5.57 Å². The Balaban J connectivity index is 1.83. The van der Waals surface area contributed by atoms with E-state index >= 15 is 0 Å². The minimum Gasteiger partial charge on any atom is -0.480 e. The molecular weight excluding hydrogens is 410 g/mol. The molecule has 0 aromatic heterocycles. The molecule has 1 unspecified atom stereocenters. The van der Waals surface area contributed by atoms with Crippen molar-refractivity contribution in [3.63, 3.8) is 0 Å². The maximum Gasteiger partial charge on any atom is 0.159 e. The van der Waals surface area contributed by atoms with Gasteiger partial charge in [-0.05, 0) is 81.1 Å². The van der Waals surface area contributed by atoms with Crippen molar-refractivity contribution >= 4 is 17.0 Å². The second-order valence-electron chi connectivity index (χ2n) is 9.56. The van der Waals surface area contributed by atoms with Crippen LogP contribution in [0.1, 0.15) is 66.4 Å². The summed E-state index contributed by atoms with van der Waals surface area (Å²) < 4.78 is 6.67. The standard InChI is InChI=1S/C29H29NO3/c1-17-13-20(19(3)31)15-21(14-17)28-27-23(22-9-7-8-10-25(22)33-28)11-12-24-26(27)18(2)16-29(4,5)30(24)32-6/h7-16,28H,1-6H3. The summed E-state index contributed by atoms with van der Waals surface area (Å²) in [6, 6.07) is 18.5. The number of Topliss-reactive ketones (excluding diaryl/α,β-unsaturated/α-hetero) is 1. The van der Waals surface area contributed by atoms with Crippen LogP contribution in [0.15, 0.2) is 60.7 Å². The molecule has 33 heavy (non-hydrogen) atoms. The molecule has 0 bridgehead atoms. The van der Waals surface area contributed by atoms with Gasteiger partial charge in [-0.1, -0.05) is 36.4 Å². The average molecular weight is 440 g/mol. The first-order valence-corrected chi connectivity index (χ1v) is 11.3. The van der Waals surface area contributed by atoms with Crippen LogP contribution in [0.25, 0.3) is 16.7 Å². The normalized spacial score (nSPS) is 17.9. The fourth-order valence-corrected chi connectivity index (χ4v) is 5.38. The summed E-state index contributed by atoms with van der Waals surface area (Å²) in [4.78, 5) is 18.1. The first-order valence-electron chi connectivity index (χ1n) is 11.3. The molecule has 0 spiro atoms. The predicted molar refractivity (Wildman–Crippen MR) is 133 cm³/mol. The van der Waals surface area contributed by atoms with Gasteiger partial charge in [0.25, 0.3) is 0 Å². The molecule has 1 atom stereocenters. The SMILES string of the molecule is CON1c2ccc3c(c2C(C)=CC1(C)C)C(c1cc(C)cc(C(C)=O)c1)Oc1ccccc1-3. The predicted octanol–water partition coefficient (Wildman–Crippen LogP) is 6.91. The number of benzene rings is 3. The number of fused-ring (bicyclic) bond motifs is 5. The van der Waals surface area contributed by atoms with E-state index in [0.717, 1.165) is 44.8 Å². The monoisotopic (exact) mass is 439 g/mol. The molecule has 4 heteroatoms. The highest BCUT2D eigenvalue weighted by atomic mass is 16.7. The van der Waals surface area contributed by atoms with E-state index in [1.54, 1.807) is 14.0 Å². The molecule has 5 rings (SSSR count). The lowest BCUT2D eigenvalue weighted by Crippen LogP contribution is -2.44. The van der Waals surface area contributed by atoms with E-state index in [4.69, 9.17) is 9.57 Å². The smallest absolute Gasteiger partial charge is 0.159 e. The number of hydrogen-bond acceptors (Lipinski definition) is 4. The molecular formula is C29H29NO3. The van der Waals surface area contributed by atoms with Gasteiger partial charge in [0.2, 0.25) is 0 Å². The van der Waals surface area contributed by atoms with Gasteiger partial charge < -0.3 is 4.74 Å². The van der Waals surface area contributed by atoms with Gasteiger partial charge in [-0.2, -0.15) is 0 Å². The molecule has 168 valence electrons. The molecule has 3 aromatic carbocycles. The Labute approximate surface area is 195 Å². The van der Waals surface area contributed by atoms with Crippen LogP contribution in [0, 0.1) is 6.92 Å². The number of carbonyl (C=O) groups excluding carboxylic acids is 1. The van der Waals surface area contributed by atoms with Gasteiger partial charge in [-0.3, -0.25) is 9.63 Å². The summed E-state index contributed by atoms with van der Waals surface area (Å²) in [5.41, 5.74) is 9.10. The Morgan fingerprint density at radius 3 is 2.52 bits per heavy atom. The van der Waals surface area contributed by atoms with Crippen molar-refractivity contribution in [1.82, 2.24) is 0 Å². The van der Waals surface area contributed by atoms with Crippen LogP contribution >= 0.6 is 0 Å². The number of para-hydroxylation sites is 1. The van der Waals surface area contributed by atoms with E-state index in [-0.39, 0.29) is 17.4 Å². The van der Waals surface area contributed by atoms with Crippen molar-refractivity contribution in [3.8, 4) is 16.9 Å². The topological polar surface area (TPSA) is 38.8 Å². The number of rotatable bonds is 3. The largest absolute Gasteiger partial charge is 0.480 e. The van der Waals surface area contributed by atoms with Crippen molar-refractivity contribution in [2.45, 2.75) is 46.3 Å². The molecule has 4 nitrogen and oxygen atoms in total. The third-order valence-electron chi connectivity index (χ3n) is 6.61. The number of ketones is 1. The van der Waals surface area contributed by atoms with Crippen molar-refractivity contribution in [1.29, 1.82) is 0 Å². The molecule has 0 aliphatic carbocycles. The lowest BCUT2D eigenvalue weighted by Gasteiger charge is -2.43. The molecule has 2 heterocycles. The second-order valence-corrected chi connectivity index (χ2v) is 9.56. The lowest BCUT2D eigenvalue weighted by atomic mass is 9.80. The van der Waals surface area contributed by atoms with Crippen LogP contribution in [0.5, 0.6) is 5.75 Å². The second kappa shape index (κ2) is 7.60. The van der Waals surface area contributed by atoms with Crippen molar-refractivity contribution in [2.24, 2.45) is 0 Å². The van der Waals surface area contributed by atoms with Crippen LogP contribution in [-0.4, -0.2) is 18.4 Å². The molecule has 0 radical (unpaired) electrons. The van der Waals surface area contributed by atoms with Gasteiger partial charge in [0.05, 0.1) is 18.3 Å². The quantitative estimate of drug-likeness (QED) is 0.416. The Morgan fingerprint density at radius 1 is 1.03 bits per heavy atom. The van der Waals surface area contributed by atoms with E-state index in [0.29, 0.717) is 5.56 Å². The molecule has 0 amide bonds. The van der Waals surface area contributed by atoms with Crippen molar-refractivity contribution in [2.75, 3.05) is 12.2 Å². The average Bonchev–Trinajstić information content (AvgIpc) is 2.77. The zero-order valence-corrected chi connectivity index (χ0v) is 20.0. The molecule has 2 aliphatic heterocycles. The van der Waals surface area contributed by atoms with E-state index in [1.807, 2.05) is 42.3 Å². The number of nitrogens with zero attached hydrogens (tertiary/aromatic N) is 1. The summed E-state index contributed by atoms with van der Waals surface area (Å²) in [7, 11) is 1.71. The number of carbonyl (C=O) groups is 1. The van der Waals surface area contributed by atoms with Crippen LogP contribution in [0.3, 0.4) is 0 Å². The Morgan fingerprint density at radius 2 is 1.79 bits per heavy atom. The highest BCUT2D eigenvalue weighted by molar-refractivity contribution is 5.95. The molecule has 0 fully saturated rings. The maximum atomic E-state index is 12.2. The van der Waals surface area contributed by atoms with Gasteiger partial charge in [-0.15, -0.1) is 0 Å². The number of anilines is 1. The van der Waals surface area contributed by atoms with Gasteiger partial charge in [0.1, 0.15) is 5.75 Å². The first-order chi connectivity index (χ1) is 15.7. The zero-order valence-electron chi connectivity index (χ0n) is 20.0. The summed E-state index contributed by atoms with van der Waals surface area (Å²) in [6.07, 6.45) is 1.90. The van der Waals surface area contributed by atoms with Crippen molar-refractivity contribution in [3.05, 3.63) is 88.5 Å². The van der Waals surface area contributed by atoms with Gasteiger partial charge in [0, 0.05) is 22.3 Å². The number of allylic oxidation sites excluding steroid dienone is 1. The van der Waals surface area contributed by atoms with Crippen molar-refractivity contribution < 1.29 is 14.4 Å². The Bertz CT molecular complexity index is 1320. The minimum atomic E-state index is -0.342. The number of aryl methyl sites for hydroxylation is 1. The Hall–Kier alpha value is -3.37. The summed E-state index contributed by atoms with van der Waals surface area (Å²) >= 11 is 0. The summed E-state index contributed by atoms with van der Waals surface area (Å²) in [5.74, 6) is 0.900. The van der Waals surface area contributed by atoms with Crippen LogP contribution in [0.2, 0.25) is 0 Å². The minimum absolute atomic E-state index is 0.0508. The fourth-order valence-electron chi connectivity index (χ4n) is 5.38. The van der Waals surface area contributed by atoms with Crippen LogP contribution in [0.4, 0.5) is 5.69 Å². The maximum absolute atomic E-state index is 12.2. The highest BCUT2D eigenvalue weighted by Gasteiger charge is 2.38. The molecule has 2 aliphatic rings. The lowest BCUT2D eigenvalue weighted by molar-refractivity contribution is 0.101. The van der Waals surface area contributed by atoms with E-state index < -0.39 is 0 Å². The molecule has 3 aromatic rings. The van der Waals surface area contributed by atoms with E-state index in [2.05, 4.69) is 51.1 Å². The highest BCUT2D eigenvalue weighted by Crippen LogP contribution is 2.52. The number of ether oxygens (including phenoxy) is 1.